The summed E-state index contributed by atoms with van der Waals surface area (Å²) in [4.78, 5) is 40.4. The fourth-order valence-electron chi connectivity index (χ4n) is 2.96. The summed E-state index contributed by atoms with van der Waals surface area (Å²) in [5.74, 6) is -0.728. The number of aryl methyl sites for hydroxylation is 1. The average molecular weight is 379 g/mol. The number of ether oxygens (including phenoxy) is 1. The summed E-state index contributed by atoms with van der Waals surface area (Å²) in [5, 5.41) is 3.15. The number of aromatic nitrogens is 2. The van der Waals surface area contributed by atoms with Crippen LogP contribution in [-0.4, -0.2) is 21.4 Å². The van der Waals surface area contributed by atoms with E-state index < -0.39 is 12.1 Å². The van der Waals surface area contributed by atoms with E-state index in [0.29, 0.717) is 16.6 Å². The van der Waals surface area contributed by atoms with Gasteiger partial charge in [-0.05, 0) is 43.2 Å². The Balaban J connectivity index is 1.74. The maximum absolute atomic E-state index is 12.6. The van der Waals surface area contributed by atoms with E-state index in [2.05, 4.69) is 10.3 Å². The number of fused-ring (bicyclic) bond motifs is 1. The average Bonchev–Trinajstić information content (AvgIpc) is 2.64. The van der Waals surface area contributed by atoms with E-state index >= 15 is 0 Å². The molecule has 1 atom stereocenters. The minimum Gasteiger partial charge on any atom is -0.456 e. The zero-order chi connectivity index (χ0) is 20.3. The lowest BCUT2D eigenvalue weighted by molar-refractivity contribution is -0.149. The first kappa shape index (κ1) is 19.3. The number of nitrogens with one attached hydrogen (secondary N) is 1. The molecule has 3 rings (SSSR count). The maximum Gasteiger partial charge on any atom is 0.326 e. The largest absolute Gasteiger partial charge is 0.456 e. The Kier molecular flexibility index (Phi) is 5.54. The zero-order valence-electron chi connectivity index (χ0n) is 15.9. The summed E-state index contributed by atoms with van der Waals surface area (Å²) in [6, 6.07) is 12.4. The van der Waals surface area contributed by atoms with E-state index in [9.17, 15) is 14.4 Å². The summed E-state index contributed by atoms with van der Waals surface area (Å²) in [6.07, 6.45) is 0.827. The minimum absolute atomic E-state index is 0.180. The van der Waals surface area contributed by atoms with Gasteiger partial charge in [-0.3, -0.25) is 19.0 Å². The second-order valence-corrected chi connectivity index (χ2v) is 6.59. The third kappa shape index (κ3) is 4.25. The Labute approximate surface area is 162 Å². The molecule has 28 heavy (non-hydrogen) atoms. The molecule has 3 aromatic rings. The van der Waals surface area contributed by atoms with E-state index in [1.807, 2.05) is 13.0 Å². The quantitative estimate of drug-likeness (QED) is 0.688. The van der Waals surface area contributed by atoms with Gasteiger partial charge in [0.2, 0.25) is 5.91 Å². The Hall–Kier alpha value is -3.48. The Morgan fingerprint density at radius 1 is 1.21 bits per heavy atom. The minimum atomic E-state index is -0.548. The normalized spacial score (nSPS) is 11.8. The molecular weight excluding hydrogens is 358 g/mol. The molecule has 0 aliphatic rings. The summed E-state index contributed by atoms with van der Waals surface area (Å²) < 4.78 is 6.69. The monoisotopic (exact) mass is 379 g/mol. The van der Waals surface area contributed by atoms with Gasteiger partial charge in [0, 0.05) is 12.6 Å². The molecule has 1 unspecified atom stereocenters. The first-order valence-corrected chi connectivity index (χ1v) is 8.87. The molecule has 0 bridgehead atoms. The number of carbonyl (C=O) groups excluding carboxylic acids is 2. The van der Waals surface area contributed by atoms with Crippen LogP contribution in [0.25, 0.3) is 10.9 Å². The third-order valence-corrected chi connectivity index (χ3v) is 4.34. The van der Waals surface area contributed by atoms with Crippen molar-refractivity contribution >= 4 is 28.5 Å². The molecule has 7 heteroatoms. The highest BCUT2D eigenvalue weighted by Crippen LogP contribution is 2.21. The number of para-hydroxylation sites is 1. The maximum atomic E-state index is 12.6. The topological polar surface area (TPSA) is 90.3 Å². The SMILES string of the molecule is CC(=O)Nc1cccc(C(C)OC(=O)Cn2cnc3c(C)cccc3c2=O)c1. The molecule has 1 N–H and O–H groups in total. The van der Waals surface area contributed by atoms with Crippen LogP contribution in [0.15, 0.2) is 53.6 Å². The molecular formula is C21H21N3O4. The molecule has 2 aromatic carbocycles. The van der Waals surface area contributed by atoms with E-state index in [4.69, 9.17) is 4.74 Å². The number of esters is 1. The van der Waals surface area contributed by atoms with Gasteiger partial charge in [0.05, 0.1) is 17.2 Å². The highest BCUT2D eigenvalue weighted by molar-refractivity contribution is 5.88. The van der Waals surface area contributed by atoms with Crippen LogP contribution in [0.3, 0.4) is 0 Å². The highest BCUT2D eigenvalue weighted by Gasteiger charge is 2.15. The second kappa shape index (κ2) is 8.04. The molecule has 0 saturated carbocycles. The smallest absolute Gasteiger partial charge is 0.326 e. The second-order valence-electron chi connectivity index (χ2n) is 6.59. The van der Waals surface area contributed by atoms with Crippen molar-refractivity contribution in [1.82, 2.24) is 9.55 Å². The van der Waals surface area contributed by atoms with Gasteiger partial charge in [-0.25, -0.2) is 4.98 Å². The van der Waals surface area contributed by atoms with Crippen LogP contribution in [0.5, 0.6) is 0 Å². The summed E-state index contributed by atoms with van der Waals surface area (Å²) >= 11 is 0. The number of amides is 1. The standard InChI is InChI=1S/C21H21N3O4/c1-13-6-4-9-18-20(13)22-12-24(21(18)27)11-19(26)28-14(2)16-7-5-8-17(10-16)23-15(3)25/h4-10,12,14H,11H2,1-3H3,(H,23,25). The van der Waals surface area contributed by atoms with E-state index in [0.717, 1.165) is 11.1 Å². The van der Waals surface area contributed by atoms with E-state index in [1.54, 1.807) is 43.3 Å². The number of hydrogen-bond donors (Lipinski definition) is 1. The van der Waals surface area contributed by atoms with Crippen LogP contribution < -0.4 is 10.9 Å². The van der Waals surface area contributed by atoms with Crippen molar-refractivity contribution in [3.8, 4) is 0 Å². The number of hydrogen-bond acceptors (Lipinski definition) is 5. The number of anilines is 1. The van der Waals surface area contributed by atoms with Crippen LogP contribution in [0.4, 0.5) is 5.69 Å². The number of benzene rings is 2. The molecule has 1 aromatic heterocycles. The Bertz CT molecular complexity index is 1100. The van der Waals surface area contributed by atoms with Crippen molar-refractivity contribution in [1.29, 1.82) is 0 Å². The lowest BCUT2D eigenvalue weighted by Crippen LogP contribution is -2.26. The fourth-order valence-corrected chi connectivity index (χ4v) is 2.96. The molecule has 0 saturated heterocycles. The Morgan fingerprint density at radius 3 is 2.71 bits per heavy atom. The van der Waals surface area contributed by atoms with Gasteiger partial charge in [-0.1, -0.05) is 24.3 Å². The van der Waals surface area contributed by atoms with Crippen molar-refractivity contribution in [2.75, 3.05) is 5.32 Å². The highest BCUT2D eigenvalue weighted by atomic mass is 16.5. The van der Waals surface area contributed by atoms with Gasteiger partial charge in [0.15, 0.2) is 0 Å². The zero-order valence-corrected chi connectivity index (χ0v) is 15.9. The molecule has 0 spiro atoms. The van der Waals surface area contributed by atoms with Gasteiger partial charge >= 0.3 is 5.97 Å². The van der Waals surface area contributed by atoms with Gasteiger partial charge in [-0.15, -0.1) is 0 Å². The van der Waals surface area contributed by atoms with Crippen molar-refractivity contribution in [3.63, 3.8) is 0 Å². The molecule has 0 aliphatic heterocycles. The van der Waals surface area contributed by atoms with Gasteiger partial charge in [0.1, 0.15) is 12.6 Å². The number of nitrogens with zero attached hydrogens (tertiary/aromatic N) is 2. The van der Waals surface area contributed by atoms with Crippen molar-refractivity contribution in [3.05, 3.63) is 70.3 Å². The third-order valence-electron chi connectivity index (χ3n) is 4.34. The molecule has 0 radical (unpaired) electrons. The molecule has 7 nitrogen and oxygen atoms in total. The van der Waals surface area contributed by atoms with Crippen LogP contribution in [0, 0.1) is 6.92 Å². The first-order valence-electron chi connectivity index (χ1n) is 8.87. The lowest BCUT2D eigenvalue weighted by Gasteiger charge is -2.15. The van der Waals surface area contributed by atoms with Crippen molar-refractivity contribution in [2.45, 2.75) is 33.4 Å². The Morgan fingerprint density at radius 2 is 1.96 bits per heavy atom. The van der Waals surface area contributed by atoms with E-state index in [-0.39, 0.29) is 18.0 Å². The molecule has 1 heterocycles. The molecule has 144 valence electrons. The van der Waals surface area contributed by atoms with E-state index in [1.165, 1.54) is 17.8 Å². The predicted molar refractivity (Wildman–Crippen MR) is 106 cm³/mol. The fraction of sp³-hybridized carbons (Fsp3) is 0.238. The first-order chi connectivity index (χ1) is 13.3. The van der Waals surface area contributed by atoms with Crippen LogP contribution >= 0.6 is 0 Å². The summed E-state index contributed by atoms with van der Waals surface area (Å²) in [7, 11) is 0. The number of carbonyl (C=O) groups is 2. The van der Waals surface area contributed by atoms with Gasteiger partial charge < -0.3 is 10.1 Å². The lowest BCUT2D eigenvalue weighted by atomic mass is 10.1. The van der Waals surface area contributed by atoms with Gasteiger partial charge in [0.25, 0.3) is 5.56 Å². The number of rotatable bonds is 5. The van der Waals surface area contributed by atoms with Crippen LogP contribution in [0.1, 0.15) is 31.1 Å². The summed E-state index contributed by atoms with van der Waals surface area (Å²) in [5.41, 5.74) is 2.60. The van der Waals surface area contributed by atoms with Crippen LogP contribution in [0.2, 0.25) is 0 Å². The summed E-state index contributed by atoms with van der Waals surface area (Å²) in [6.45, 7) is 4.80. The van der Waals surface area contributed by atoms with Crippen molar-refractivity contribution in [2.24, 2.45) is 0 Å². The van der Waals surface area contributed by atoms with Gasteiger partial charge in [-0.2, -0.15) is 0 Å². The van der Waals surface area contributed by atoms with Crippen LogP contribution in [-0.2, 0) is 20.9 Å². The molecule has 0 fully saturated rings. The predicted octanol–water partition coefficient (Wildman–Crippen LogP) is 2.97. The molecule has 1 amide bonds. The molecule has 0 aliphatic carbocycles. The van der Waals surface area contributed by atoms with Crippen molar-refractivity contribution < 1.29 is 14.3 Å².